The Hall–Kier alpha value is -1.82. The maximum absolute atomic E-state index is 12.6. The van der Waals surface area contributed by atoms with Crippen LogP contribution in [0, 0.1) is 0 Å². The second-order valence-electron chi connectivity index (χ2n) is 7.27. The van der Waals surface area contributed by atoms with Gasteiger partial charge in [0, 0.05) is 31.7 Å². The van der Waals surface area contributed by atoms with Crippen LogP contribution in [0.15, 0.2) is 12.5 Å². The fourth-order valence-corrected chi connectivity index (χ4v) is 5.79. The van der Waals surface area contributed by atoms with Gasteiger partial charge in [-0.25, -0.2) is 27.8 Å². The van der Waals surface area contributed by atoms with E-state index in [0.29, 0.717) is 6.54 Å². The molecule has 148 valence electrons. The van der Waals surface area contributed by atoms with E-state index in [1.54, 1.807) is 17.2 Å². The van der Waals surface area contributed by atoms with Crippen molar-refractivity contribution in [2.24, 2.45) is 0 Å². The fraction of sp³-hybridized carbons (Fsp3) is 0.688. The van der Waals surface area contributed by atoms with Crippen molar-refractivity contribution in [2.45, 2.75) is 50.6 Å². The summed E-state index contributed by atoms with van der Waals surface area (Å²) in [7, 11) is -3.44. The number of anilines is 1. The number of rotatable bonds is 6. The minimum atomic E-state index is -3.44. The number of hydrogen-bond acceptors (Lipinski definition) is 8. The predicted molar refractivity (Wildman–Crippen MR) is 103 cm³/mol. The second kappa shape index (κ2) is 7.30. The first-order chi connectivity index (χ1) is 13.0. The molecule has 27 heavy (non-hydrogen) atoms. The van der Waals surface area contributed by atoms with Crippen LogP contribution >= 0.6 is 0 Å². The lowest BCUT2D eigenvalue weighted by Crippen LogP contribution is -2.45. The van der Waals surface area contributed by atoms with Gasteiger partial charge in [-0.3, -0.25) is 10.9 Å². The molecule has 4 rings (SSSR count). The summed E-state index contributed by atoms with van der Waals surface area (Å²) in [6, 6.07) is -0.308. The highest BCUT2D eigenvalue weighted by atomic mass is 32.2. The molecule has 0 spiro atoms. The van der Waals surface area contributed by atoms with Crippen molar-refractivity contribution in [1.82, 2.24) is 35.3 Å². The summed E-state index contributed by atoms with van der Waals surface area (Å²) >= 11 is 0. The number of sulfonamides is 1. The van der Waals surface area contributed by atoms with Crippen LogP contribution in [0.4, 0.5) is 5.82 Å². The van der Waals surface area contributed by atoms with E-state index in [9.17, 15) is 8.42 Å². The molecule has 2 aromatic rings. The molecule has 0 amide bonds. The summed E-state index contributed by atoms with van der Waals surface area (Å²) in [5.74, 6) is 0.912. The largest absolute Gasteiger partial charge is 0.356 e. The summed E-state index contributed by atoms with van der Waals surface area (Å²) in [6.45, 7) is 6.39. The minimum absolute atomic E-state index is 0.154. The van der Waals surface area contributed by atoms with Gasteiger partial charge in [0.15, 0.2) is 5.65 Å². The summed E-state index contributed by atoms with van der Waals surface area (Å²) in [6.07, 6.45) is 5.66. The number of nitrogens with one attached hydrogen (secondary N) is 3. The summed E-state index contributed by atoms with van der Waals surface area (Å²) in [4.78, 5) is 11.0. The maximum Gasteiger partial charge on any atom is 0.217 e. The molecule has 10 nitrogen and oxygen atoms in total. The van der Waals surface area contributed by atoms with Crippen molar-refractivity contribution in [3.8, 4) is 0 Å². The first-order valence-electron chi connectivity index (χ1n) is 9.38. The molecule has 2 aliphatic heterocycles. The van der Waals surface area contributed by atoms with E-state index in [2.05, 4.69) is 35.5 Å². The highest BCUT2D eigenvalue weighted by Gasteiger charge is 2.39. The zero-order valence-corrected chi connectivity index (χ0v) is 16.4. The van der Waals surface area contributed by atoms with Gasteiger partial charge >= 0.3 is 0 Å². The molecule has 2 aliphatic rings. The normalized spacial score (nSPS) is 26.3. The van der Waals surface area contributed by atoms with Crippen LogP contribution in [0.25, 0.3) is 11.0 Å². The van der Waals surface area contributed by atoms with Gasteiger partial charge in [0.05, 0.1) is 18.1 Å². The van der Waals surface area contributed by atoms with Gasteiger partial charge in [-0.1, -0.05) is 0 Å². The van der Waals surface area contributed by atoms with Crippen molar-refractivity contribution in [3.63, 3.8) is 0 Å². The number of aromatic nitrogens is 4. The first-order valence-corrected chi connectivity index (χ1v) is 10.9. The zero-order valence-electron chi connectivity index (χ0n) is 15.6. The smallest absolute Gasteiger partial charge is 0.217 e. The van der Waals surface area contributed by atoms with Crippen LogP contribution in [0.2, 0.25) is 0 Å². The van der Waals surface area contributed by atoms with Crippen LogP contribution in [0.1, 0.15) is 26.7 Å². The Morgan fingerprint density at radius 3 is 2.59 bits per heavy atom. The Kier molecular flexibility index (Phi) is 5.01. The second-order valence-corrected chi connectivity index (χ2v) is 9.19. The molecule has 0 radical (unpaired) electrons. The van der Waals surface area contributed by atoms with E-state index < -0.39 is 15.3 Å². The van der Waals surface area contributed by atoms with Crippen LogP contribution < -0.4 is 20.5 Å². The van der Waals surface area contributed by atoms with E-state index >= 15 is 0 Å². The molecule has 2 fully saturated rings. The number of nitrogens with zero attached hydrogens (tertiary/aromatic N) is 5. The average molecular weight is 395 g/mol. The average Bonchev–Trinajstić information content (AvgIpc) is 3.35. The zero-order chi connectivity index (χ0) is 19.0. The SMILES string of the molecule is CC1NNC(C)C1S(=O)(=O)NCCn1ncc2c(N3CCCC3)ncnc21. The van der Waals surface area contributed by atoms with Gasteiger partial charge in [-0.05, 0) is 26.7 Å². The van der Waals surface area contributed by atoms with Crippen molar-refractivity contribution in [2.75, 3.05) is 24.5 Å². The lowest BCUT2D eigenvalue weighted by Gasteiger charge is -2.19. The molecular weight excluding hydrogens is 368 g/mol. The predicted octanol–water partition coefficient (Wildman–Crippen LogP) is -0.401. The fourth-order valence-electron chi connectivity index (χ4n) is 4.01. The van der Waals surface area contributed by atoms with Gasteiger partial charge in [-0.15, -0.1) is 0 Å². The molecule has 2 saturated heterocycles. The Bertz CT molecular complexity index is 898. The molecule has 2 aromatic heterocycles. The van der Waals surface area contributed by atoms with Gasteiger partial charge in [-0.2, -0.15) is 5.10 Å². The molecule has 2 unspecified atom stereocenters. The van der Waals surface area contributed by atoms with Crippen molar-refractivity contribution >= 4 is 26.9 Å². The van der Waals surface area contributed by atoms with Crippen LogP contribution in [-0.4, -0.2) is 65.1 Å². The topological polar surface area (TPSA) is 117 Å². The van der Waals surface area contributed by atoms with Crippen molar-refractivity contribution in [3.05, 3.63) is 12.5 Å². The molecule has 11 heteroatoms. The highest BCUT2D eigenvalue weighted by Crippen LogP contribution is 2.25. The summed E-state index contributed by atoms with van der Waals surface area (Å²) in [5, 5.41) is 4.80. The molecule has 0 aromatic carbocycles. The quantitative estimate of drug-likeness (QED) is 0.606. The van der Waals surface area contributed by atoms with E-state index in [0.717, 1.165) is 29.9 Å². The Morgan fingerprint density at radius 1 is 1.19 bits per heavy atom. The number of fused-ring (bicyclic) bond motifs is 1. The maximum atomic E-state index is 12.6. The lowest BCUT2D eigenvalue weighted by atomic mass is 10.2. The van der Waals surface area contributed by atoms with Gasteiger partial charge in [0.25, 0.3) is 0 Å². The lowest BCUT2D eigenvalue weighted by molar-refractivity contribution is 0.534. The van der Waals surface area contributed by atoms with Gasteiger partial charge in [0.2, 0.25) is 10.0 Å². The number of hydrogen-bond donors (Lipinski definition) is 3. The van der Waals surface area contributed by atoms with E-state index in [1.807, 2.05) is 13.8 Å². The molecule has 0 saturated carbocycles. The molecule has 0 aliphatic carbocycles. The Balaban J connectivity index is 1.46. The molecule has 2 atom stereocenters. The van der Waals surface area contributed by atoms with Crippen LogP contribution in [-0.2, 0) is 16.6 Å². The molecule has 4 heterocycles. The molecule has 3 N–H and O–H groups in total. The Morgan fingerprint density at radius 2 is 1.89 bits per heavy atom. The third-order valence-corrected chi connectivity index (χ3v) is 7.47. The Labute approximate surface area is 158 Å². The minimum Gasteiger partial charge on any atom is -0.356 e. The number of hydrazine groups is 1. The molecule has 0 bridgehead atoms. The van der Waals surface area contributed by atoms with Crippen molar-refractivity contribution < 1.29 is 8.42 Å². The first kappa shape index (κ1) is 18.5. The monoisotopic (exact) mass is 394 g/mol. The third kappa shape index (κ3) is 3.51. The van der Waals surface area contributed by atoms with E-state index in [-0.39, 0.29) is 18.6 Å². The van der Waals surface area contributed by atoms with Gasteiger partial charge < -0.3 is 4.90 Å². The standard InChI is InChI=1S/C16H26N8O2S/c1-11-14(12(2)22-21-11)27(25,26)20-5-8-24-16-13(9-19-24)15(17-10-18-16)23-6-3-4-7-23/h9-12,14,20-22H,3-8H2,1-2H3. The van der Waals surface area contributed by atoms with E-state index in [1.165, 1.54) is 12.8 Å². The van der Waals surface area contributed by atoms with Gasteiger partial charge in [0.1, 0.15) is 17.4 Å². The summed E-state index contributed by atoms with van der Waals surface area (Å²) < 4.78 is 29.7. The van der Waals surface area contributed by atoms with Crippen LogP contribution in [0.3, 0.4) is 0 Å². The van der Waals surface area contributed by atoms with Crippen molar-refractivity contribution in [1.29, 1.82) is 0 Å². The van der Waals surface area contributed by atoms with Crippen LogP contribution in [0.5, 0.6) is 0 Å². The molecular formula is C16H26N8O2S. The highest BCUT2D eigenvalue weighted by molar-refractivity contribution is 7.90. The summed E-state index contributed by atoms with van der Waals surface area (Å²) in [5.41, 5.74) is 6.69. The van der Waals surface area contributed by atoms with E-state index in [4.69, 9.17) is 0 Å². The third-order valence-electron chi connectivity index (χ3n) is 5.33.